The molecule has 1 amide bonds. The van der Waals surface area contributed by atoms with Crippen LogP contribution in [0.25, 0.3) is 16.6 Å². The lowest BCUT2D eigenvalue weighted by Crippen LogP contribution is -2.35. The summed E-state index contributed by atoms with van der Waals surface area (Å²) in [7, 11) is 1.57. The second kappa shape index (κ2) is 8.75. The van der Waals surface area contributed by atoms with Crippen molar-refractivity contribution < 1.29 is 9.53 Å². The summed E-state index contributed by atoms with van der Waals surface area (Å²) in [5, 5.41) is 0.530. The van der Waals surface area contributed by atoms with Crippen molar-refractivity contribution in [3.8, 4) is 11.4 Å². The van der Waals surface area contributed by atoms with Gasteiger partial charge < -0.3 is 9.64 Å². The Hall–Kier alpha value is -3.58. The van der Waals surface area contributed by atoms with Crippen LogP contribution in [0.4, 0.5) is 5.69 Å². The number of fused-ring (bicyclic) bond motifs is 2. The predicted octanol–water partition coefficient (Wildman–Crippen LogP) is 4.46. The number of methoxy groups -OCH3 is 1. The number of carbonyl (C=O) groups is 1. The van der Waals surface area contributed by atoms with Gasteiger partial charge in [-0.1, -0.05) is 54.2 Å². The zero-order chi connectivity index (χ0) is 22.9. The molecule has 166 valence electrons. The molecule has 5 rings (SSSR count). The van der Waals surface area contributed by atoms with E-state index in [2.05, 4.69) is 6.07 Å². The predicted molar refractivity (Wildman–Crippen MR) is 132 cm³/mol. The van der Waals surface area contributed by atoms with Gasteiger partial charge in [0.15, 0.2) is 5.16 Å². The Balaban J connectivity index is 1.58. The molecule has 3 aromatic carbocycles. The summed E-state index contributed by atoms with van der Waals surface area (Å²) in [6, 6.07) is 22.6. The average Bonchev–Trinajstić information content (AvgIpc) is 3.28. The number of hydrogen-bond donors (Lipinski definition) is 0. The van der Waals surface area contributed by atoms with Crippen LogP contribution in [0, 0.1) is 0 Å². The SMILES string of the molecule is COc1ccccc1-n1c(SC(C)C(=O)N2CCc3ccccc32)nc2ccccc2c1=O. The summed E-state index contributed by atoms with van der Waals surface area (Å²) in [5.74, 6) is 0.560. The highest BCUT2D eigenvalue weighted by Crippen LogP contribution is 2.33. The van der Waals surface area contributed by atoms with E-state index in [1.54, 1.807) is 23.8 Å². The molecule has 6 nitrogen and oxygen atoms in total. The summed E-state index contributed by atoms with van der Waals surface area (Å²) in [5.41, 5.74) is 3.14. The van der Waals surface area contributed by atoms with Gasteiger partial charge in [-0.05, 0) is 49.2 Å². The number of carbonyl (C=O) groups excluding carboxylic acids is 1. The molecular formula is C26H23N3O3S. The van der Waals surface area contributed by atoms with E-state index in [9.17, 15) is 9.59 Å². The van der Waals surface area contributed by atoms with Crippen LogP contribution in [0.1, 0.15) is 12.5 Å². The smallest absolute Gasteiger partial charge is 0.266 e. The lowest BCUT2D eigenvalue weighted by atomic mass is 10.2. The maximum absolute atomic E-state index is 13.5. The summed E-state index contributed by atoms with van der Waals surface area (Å²) >= 11 is 1.29. The number of amides is 1. The zero-order valence-electron chi connectivity index (χ0n) is 18.4. The van der Waals surface area contributed by atoms with Gasteiger partial charge in [-0.25, -0.2) is 4.98 Å². The summed E-state index contributed by atoms with van der Waals surface area (Å²) < 4.78 is 7.07. The zero-order valence-corrected chi connectivity index (χ0v) is 19.2. The largest absolute Gasteiger partial charge is 0.495 e. The van der Waals surface area contributed by atoms with Crippen molar-refractivity contribution in [2.75, 3.05) is 18.6 Å². The molecule has 4 aromatic rings. The molecule has 7 heteroatoms. The second-order valence-electron chi connectivity index (χ2n) is 7.85. The fraction of sp³-hybridized carbons (Fsp3) is 0.192. The molecule has 0 bridgehead atoms. The highest BCUT2D eigenvalue weighted by atomic mass is 32.2. The third-order valence-electron chi connectivity index (χ3n) is 5.85. The van der Waals surface area contributed by atoms with Crippen molar-refractivity contribution in [1.82, 2.24) is 9.55 Å². The van der Waals surface area contributed by atoms with E-state index >= 15 is 0 Å². The van der Waals surface area contributed by atoms with Crippen LogP contribution < -0.4 is 15.2 Å². The normalized spacial score (nSPS) is 13.7. The highest BCUT2D eigenvalue weighted by Gasteiger charge is 2.29. The minimum Gasteiger partial charge on any atom is -0.495 e. The third-order valence-corrected chi connectivity index (χ3v) is 6.89. The number of rotatable bonds is 5. The Morgan fingerprint density at radius 2 is 1.70 bits per heavy atom. The van der Waals surface area contributed by atoms with Gasteiger partial charge in [-0.15, -0.1) is 0 Å². The van der Waals surface area contributed by atoms with Crippen molar-refractivity contribution in [1.29, 1.82) is 0 Å². The van der Waals surface area contributed by atoms with E-state index in [4.69, 9.17) is 9.72 Å². The molecule has 33 heavy (non-hydrogen) atoms. The molecular weight excluding hydrogens is 434 g/mol. The fourth-order valence-corrected chi connectivity index (χ4v) is 5.20. The Labute approximate surface area is 195 Å². The van der Waals surface area contributed by atoms with Crippen LogP contribution in [-0.4, -0.2) is 34.4 Å². The van der Waals surface area contributed by atoms with E-state index < -0.39 is 5.25 Å². The Kier molecular flexibility index (Phi) is 5.64. The first-order valence-electron chi connectivity index (χ1n) is 10.8. The average molecular weight is 458 g/mol. The fourth-order valence-electron chi connectivity index (χ4n) is 4.21. The maximum atomic E-state index is 13.5. The quantitative estimate of drug-likeness (QED) is 0.327. The van der Waals surface area contributed by atoms with Gasteiger partial charge in [0.2, 0.25) is 5.91 Å². The van der Waals surface area contributed by atoms with Crippen molar-refractivity contribution in [3.63, 3.8) is 0 Å². The third kappa shape index (κ3) is 3.78. The second-order valence-corrected chi connectivity index (χ2v) is 9.16. The van der Waals surface area contributed by atoms with E-state index in [1.807, 2.05) is 66.4 Å². The Bertz CT molecular complexity index is 1420. The van der Waals surface area contributed by atoms with Crippen LogP contribution in [0.15, 0.2) is 82.7 Å². The summed E-state index contributed by atoms with van der Waals surface area (Å²) in [6.45, 7) is 2.52. The first kappa shape index (κ1) is 21.3. The molecule has 0 radical (unpaired) electrons. The molecule has 0 N–H and O–H groups in total. The Morgan fingerprint density at radius 1 is 1.00 bits per heavy atom. The van der Waals surface area contributed by atoms with Gasteiger partial charge in [-0.3, -0.25) is 14.2 Å². The monoisotopic (exact) mass is 457 g/mol. The van der Waals surface area contributed by atoms with Gasteiger partial charge in [0.25, 0.3) is 5.56 Å². The number of nitrogens with zero attached hydrogens (tertiary/aromatic N) is 3. The van der Waals surface area contributed by atoms with Gasteiger partial charge in [0, 0.05) is 12.2 Å². The van der Waals surface area contributed by atoms with Crippen LogP contribution >= 0.6 is 11.8 Å². The number of hydrogen-bond acceptors (Lipinski definition) is 5. The molecule has 0 saturated carbocycles. The van der Waals surface area contributed by atoms with Crippen LogP contribution in [0.3, 0.4) is 0 Å². The number of anilines is 1. The summed E-state index contributed by atoms with van der Waals surface area (Å²) in [4.78, 5) is 33.6. The number of aromatic nitrogens is 2. The molecule has 1 aliphatic heterocycles. The van der Waals surface area contributed by atoms with E-state index in [0.29, 0.717) is 34.0 Å². The van der Waals surface area contributed by atoms with Crippen molar-refractivity contribution in [2.24, 2.45) is 0 Å². The van der Waals surface area contributed by atoms with Gasteiger partial charge in [0.1, 0.15) is 5.75 Å². The first-order chi connectivity index (χ1) is 16.1. The number of ether oxygens (including phenoxy) is 1. The molecule has 1 atom stereocenters. The van der Waals surface area contributed by atoms with Crippen LogP contribution in [0.2, 0.25) is 0 Å². The van der Waals surface area contributed by atoms with Crippen molar-refractivity contribution in [2.45, 2.75) is 23.8 Å². The molecule has 1 unspecified atom stereocenters. The van der Waals surface area contributed by atoms with Gasteiger partial charge in [-0.2, -0.15) is 0 Å². The number of para-hydroxylation sites is 4. The highest BCUT2D eigenvalue weighted by molar-refractivity contribution is 8.00. The molecule has 1 aliphatic rings. The number of benzene rings is 3. The van der Waals surface area contributed by atoms with E-state index in [1.165, 1.54) is 17.3 Å². The molecule has 0 fully saturated rings. The topological polar surface area (TPSA) is 64.4 Å². The van der Waals surface area contributed by atoms with Crippen LogP contribution in [0.5, 0.6) is 5.75 Å². The minimum absolute atomic E-state index is 0.000987. The molecule has 0 aliphatic carbocycles. The molecule has 0 saturated heterocycles. The van der Waals surface area contributed by atoms with Gasteiger partial charge in [0.05, 0.1) is 29.0 Å². The minimum atomic E-state index is -0.440. The lowest BCUT2D eigenvalue weighted by Gasteiger charge is -2.22. The van der Waals surface area contributed by atoms with Crippen molar-refractivity contribution in [3.05, 3.63) is 88.7 Å². The van der Waals surface area contributed by atoms with Crippen molar-refractivity contribution >= 4 is 34.3 Å². The molecule has 1 aromatic heterocycles. The first-order valence-corrected chi connectivity index (χ1v) is 11.7. The maximum Gasteiger partial charge on any atom is 0.266 e. The summed E-state index contributed by atoms with van der Waals surface area (Å²) in [6.07, 6.45) is 0.847. The van der Waals surface area contributed by atoms with Gasteiger partial charge >= 0.3 is 0 Å². The Morgan fingerprint density at radius 3 is 2.52 bits per heavy atom. The molecule has 0 spiro atoms. The number of thioether (sulfide) groups is 1. The molecule has 2 heterocycles. The van der Waals surface area contributed by atoms with Crippen LogP contribution in [-0.2, 0) is 11.2 Å². The standard InChI is InChI=1S/C26H23N3O3S/c1-17(24(30)28-16-15-18-9-3-6-12-21(18)28)33-26-27-20-11-5-4-10-19(20)25(31)29(26)22-13-7-8-14-23(22)32-2/h3-14,17H,15-16H2,1-2H3. The lowest BCUT2D eigenvalue weighted by molar-refractivity contribution is -0.117. The van der Waals surface area contributed by atoms with E-state index in [0.717, 1.165) is 12.1 Å². The van der Waals surface area contributed by atoms with E-state index in [-0.39, 0.29) is 11.5 Å².